The van der Waals surface area contributed by atoms with Crippen LogP contribution in [0, 0.1) is 5.41 Å². The maximum atomic E-state index is 12.9. The Kier molecular flexibility index (Phi) is 7.92. The first-order chi connectivity index (χ1) is 14.9. The summed E-state index contributed by atoms with van der Waals surface area (Å²) in [6.07, 6.45) is -0.378. The SMILES string of the molecule is COC(=O)C(CC(=O)c1ccc(Cl)cc1)(CC(=O)c1ccc(S(C)(=O)=O)cc1)C(=O)OC. The van der Waals surface area contributed by atoms with Gasteiger partial charge in [0.1, 0.15) is 0 Å². The largest absolute Gasteiger partial charge is 0.468 e. The third kappa shape index (κ3) is 5.60. The van der Waals surface area contributed by atoms with Crippen LogP contribution in [0.25, 0.3) is 0 Å². The van der Waals surface area contributed by atoms with Crippen LogP contribution in [0.2, 0.25) is 5.02 Å². The summed E-state index contributed by atoms with van der Waals surface area (Å²) in [5.74, 6) is -3.48. The predicted molar refractivity (Wildman–Crippen MR) is 115 cm³/mol. The fourth-order valence-electron chi connectivity index (χ4n) is 3.10. The van der Waals surface area contributed by atoms with Gasteiger partial charge in [-0.1, -0.05) is 23.7 Å². The quantitative estimate of drug-likeness (QED) is 0.305. The molecule has 0 fully saturated rings. The van der Waals surface area contributed by atoms with Gasteiger partial charge >= 0.3 is 11.9 Å². The van der Waals surface area contributed by atoms with Crippen LogP contribution >= 0.6 is 11.6 Å². The molecule has 0 aliphatic heterocycles. The molecule has 170 valence electrons. The van der Waals surface area contributed by atoms with Crippen molar-refractivity contribution in [2.24, 2.45) is 5.41 Å². The summed E-state index contributed by atoms with van der Waals surface area (Å²) >= 11 is 5.83. The molecule has 0 saturated heterocycles. The third-order valence-electron chi connectivity index (χ3n) is 4.85. The van der Waals surface area contributed by atoms with E-state index in [1.807, 2.05) is 0 Å². The highest BCUT2D eigenvalue weighted by Gasteiger charge is 2.51. The molecule has 0 radical (unpaired) electrons. The predicted octanol–water partition coefficient (Wildman–Crippen LogP) is 2.92. The molecule has 0 aliphatic carbocycles. The van der Waals surface area contributed by atoms with E-state index in [0.29, 0.717) is 5.02 Å². The lowest BCUT2D eigenvalue weighted by Gasteiger charge is -2.27. The van der Waals surface area contributed by atoms with Crippen LogP contribution < -0.4 is 0 Å². The molecule has 0 unspecified atom stereocenters. The molecule has 2 aromatic rings. The number of Topliss-reactive ketones (excluding diaryl/α,β-unsaturated/α-hetero) is 2. The van der Waals surface area contributed by atoms with Crippen LogP contribution in [0.5, 0.6) is 0 Å². The highest BCUT2D eigenvalue weighted by atomic mass is 35.5. The van der Waals surface area contributed by atoms with Gasteiger partial charge in [0.2, 0.25) is 0 Å². The van der Waals surface area contributed by atoms with Gasteiger partial charge in [-0.2, -0.15) is 0 Å². The number of sulfone groups is 1. The van der Waals surface area contributed by atoms with Crippen LogP contribution in [-0.4, -0.2) is 52.4 Å². The van der Waals surface area contributed by atoms with Crippen LogP contribution in [0.4, 0.5) is 0 Å². The average Bonchev–Trinajstić information content (AvgIpc) is 2.77. The number of hydrogen-bond donors (Lipinski definition) is 0. The van der Waals surface area contributed by atoms with E-state index in [0.717, 1.165) is 20.5 Å². The second kappa shape index (κ2) is 10.1. The summed E-state index contributed by atoms with van der Waals surface area (Å²) in [5, 5.41) is 0.390. The number of methoxy groups -OCH3 is 2. The number of halogens is 1. The van der Waals surface area contributed by atoms with E-state index >= 15 is 0 Å². The summed E-state index contributed by atoms with van der Waals surface area (Å²) in [6.45, 7) is 0. The fourth-order valence-corrected chi connectivity index (χ4v) is 3.86. The number of ketones is 2. The van der Waals surface area contributed by atoms with Gasteiger partial charge in [0.05, 0.1) is 19.1 Å². The van der Waals surface area contributed by atoms with Gasteiger partial charge in [-0.05, 0) is 36.4 Å². The molecule has 0 N–H and O–H groups in total. The maximum Gasteiger partial charge on any atom is 0.324 e. The van der Waals surface area contributed by atoms with Crippen molar-refractivity contribution >= 4 is 44.9 Å². The van der Waals surface area contributed by atoms with E-state index in [1.54, 1.807) is 0 Å². The highest BCUT2D eigenvalue weighted by Crippen LogP contribution is 2.34. The Balaban J connectivity index is 2.44. The number of hydrogen-bond acceptors (Lipinski definition) is 8. The minimum Gasteiger partial charge on any atom is -0.468 e. The monoisotopic (exact) mass is 480 g/mol. The van der Waals surface area contributed by atoms with Gasteiger partial charge in [-0.15, -0.1) is 0 Å². The van der Waals surface area contributed by atoms with Gasteiger partial charge in [-0.3, -0.25) is 19.2 Å². The summed E-state index contributed by atoms with van der Waals surface area (Å²) in [6, 6.07) is 10.8. The Labute approximate surface area is 190 Å². The van der Waals surface area contributed by atoms with Crippen molar-refractivity contribution in [1.82, 2.24) is 0 Å². The van der Waals surface area contributed by atoms with Gasteiger partial charge in [-0.25, -0.2) is 8.42 Å². The standard InChI is InChI=1S/C22H21ClO8S/c1-30-20(26)22(21(27)31-2,12-18(24)14-4-8-16(23)9-5-14)13-19(25)15-6-10-17(11-7-15)32(3,28)29/h4-11H,12-13H2,1-3H3. The van der Waals surface area contributed by atoms with Crippen molar-refractivity contribution < 1.29 is 37.1 Å². The van der Waals surface area contributed by atoms with Crippen molar-refractivity contribution in [3.8, 4) is 0 Å². The molecular formula is C22H21ClO8S. The van der Waals surface area contributed by atoms with E-state index in [2.05, 4.69) is 0 Å². The first-order valence-electron chi connectivity index (χ1n) is 9.23. The number of benzene rings is 2. The molecule has 2 rings (SSSR count). The topological polar surface area (TPSA) is 121 Å². The molecule has 0 aromatic heterocycles. The van der Waals surface area contributed by atoms with E-state index < -0.39 is 51.6 Å². The molecule has 0 atom stereocenters. The molecule has 0 bridgehead atoms. The zero-order valence-electron chi connectivity index (χ0n) is 17.6. The van der Waals surface area contributed by atoms with Gasteiger partial charge in [0.25, 0.3) is 0 Å². The molecule has 10 heteroatoms. The van der Waals surface area contributed by atoms with Gasteiger partial charge in [0, 0.05) is 35.2 Å². The Morgan fingerprint density at radius 1 is 0.781 bits per heavy atom. The zero-order valence-corrected chi connectivity index (χ0v) is 19.2. The highest BCUT2D eigenvalue weighted by molar-refractivity contribution is 7.90. The first kappa shape index (κ1) is 25.2. The molecule has 2 aromatic carbocycles. The minimum atomic E-state index is -3.48. The number of carbonyl (C=O) groups is 4. The number of carbonyl (C=O) groups excluding carboxylic acids is 4. The summed E-state index contributed by atoms with van der Waals surface area (Å²) in [5.41, 5.74) is -2.00. The molecule has 32 heavy (non-hydrogen) atoms. The number of esters is 2. The first-order valence-corrected chi connectivity index (χ1v) is 11.5. The molecule has 0 saturated carbocycles. The van der Waals surface area contributed by atoms with E-state index in [4.69, 9.17) is 21.1 Å². The zero-order chi connectivity index (χ0) is 24.1. The average molecular weight is 481 g/mol. The molecule has 0 heterocycles. The Morgan fingerprint density at radius 2 is 1.16 bits per heavy atom. The smallest absolute Gasteiger partial charge is 0.324 e. The Bertz CT molecular complexity index is 1120. The summed E-state index contributed by atoms with van der Waals surface area (Å²) in [7, 11) is -1.43. The number of rotatable bonds is 9. The molecular weight excluding hydrogens is 460 g/mol. The maximum absolute atomic E-state index is 12.9. The lowest BCUT2D eigenvalue weighted by molar-refractivity contribution is -0.168. The third-order valence-corrected chi connectivity index (χ3v) is 6.23. The number of ether oxygens (including phenoxy) is 2. The molecule has 0 spiro atoms. The van der Waals surface area contributed by atoms with Crippen LogP contribution in [0.15, 0.2) is 53.4 Å². The van der Waals surface area contributed by atoms with Crippen LogP contribution in [0.3, 0.4) is 0 Å². The van der Waals surface area contributed by atoms with Crippen molar-refractivity contribution in [2.75, 3.05) is 20.5 Å². The van der Waals surface area contributed by atoms with E-state index in [1.165, 1.54) is 48.5 Å². The van der Waals surface area contributed by atoms with Crippen molar-refractivity contribution in [1.29, 1.82) is 0 Å². The Morgan fingerprint density at radius 3 is 1.50 bits per heavy atom. The lowest BCUT2D eigenvalue weighted by Crippen LogP contribution is -2.44. The molecule has 0 amide bonds. The normalized spacial score (nSPS) is 11.5. The Hall–Kier alpha value is -3.04. The second-order valence-electron chi connectivity index (χ2n) is 7.07. The lowest BCUT2D eigenvalue weighted by atomic mass is 9.76. The van der Waals surface area contributed by atoms with E-state index in [9.17, 15) is 27.6 Å². The minimum absolute atomic E-state index is 0.000773. The van der Waals surface area contributed by atoms with Crippen LogP contribution in [-0.2, 0) is 28.9 Å². The van der Waals surface area contributed by atoms with Crippen molar-refractivity contribution in [2.45, 2.75) is 17.7 Å². The van der Waals surface area contributed by atoms with Gasteiger partial charge in [0.15, 0.2) is 26.8 Å². The summed E-state index contributed by atoms with van der Waals surface area (Å²) < 4.78 is 32.7. The van der Waals surface area contributed by atoms with Crippen molar-refractivity contribution in [3.05, 3.63) is 64.7 Å². The second-order valence-corrected chi connectivity index (χ2v) is 9.52. The fraction of sp³-hybridized carbons (Fsp3) is 0.273. The summed E-state index contributed by atoms with van der Waals surface area (Å²) in [4.78, 5) is 51.1. The van der Waals surface area contributed by atoms with Gasteiger partial charge < -0.3 is 9.47 Å². The van der Waals surface area contributed by atoms with E-state index in [-0.39, 0.29) is 16.0 Å². The molecule has 8 nitrogen and oxygen atoms in total. The van der Waals surface area contributed by atoms with Crippen molar-refractivity contribution in [3.63, 3.8) is 0 Å². The van der Waals surface area contributed by atoms with Crippen LogP contribution in [0.1, 0.15) is 33.6 Å². The molecule has 0 aliphatic rings.